The molecule has 30 heavy (non-hydrogen) atoms. The zero-order valence-electron chi connectivity index (χ0n) is 17.4. The Bertz CT molecular complexity index is 916. The largest absolute Gasteiger partial charge is 0.368 e. The van der Waals surface area contributed by atoms with Gasteiger partial charge in [0.25, 0.3) is 0 Å². The normalized spacial score (nSPS) is 15.1. The SMILES string of the molecule is CC(C)C[C@@H](C(N)=O)N(CC#N)c1cscc1-c1ccc(N2CCNCC2)c(F)c1. The Balaban J connectivity index is 1.95. The van der Waals surface area contributed by atoms with Crippen molar-refractivity contribution in [3.8, 4) is 17.2 Å². The molecule has 2 heterocycles. The zero-order valence-corrected chi connectivity index (χ0v) is 18.2. The van der Waals surface area contributed by atoms with Crippen LogP contribution in [0.3, 0.4) is 0 Å². The highest BCUT2D eigenvalue weighted by Gasteiger charge is 2.28. The van der Waals surface area contributed by atoms with Gasteiger partial charge in [0.05, 0.1) is 17.4 Å². The van der Waals surface area contributed by atoms with Gasteiger partial charge in [-0.15, -0.1) is 11.3 Å². The maximum atomic E-state index is 15.0. The van der Waals surface area contributed by atoms with Gasteiger partial charge in [-0.3, -0.25) is 4.79 Å². The van der Waals surface area contributed by atoms with Crippen molar-refractivity contribution in [3.63, 3.8) is 0 Å². The van der Waals surface area contributed by atoms with E-state index in [1.807, 2.05) is 41.6 Å². The monoisotopic (exact) mass is 429 g/mol. The molecule has 0 bridgehead atoms. The van der Waals surface area contributed by atoms with Crippen LogP contribution >= 0.6 is 11.3 Å². The van der Waals surface area contributed by atoms with Crippen molar-refractivity contribution in [2.75, 3.05) is 42.5 Å². The molecule has 3 rings (SSSR count). The summed E-state index contributed by atoms with van der Waals surface area (Å²) in [4.78, 5) is 16.0. The molecule has 3 N–H and O–H groups in total. The summed E-state index contributed by atoms with van der Waals surface area (Å²) in [7, 11) is 0. The lowest BCUT2D eigenvalue weighted by Crippen LogP contribution is -2.46. The van der Waals surface area contributed by atoms with E-state index in [2.05, 4.69) is 11.4 Å². The Hall–Kier alpha value is -2.63. The van der Waals surface area contributed by atoms with Crippen molar-refractivity contribution in [3.05, 3.63) is 34.8 Å². The number of nitrogens with two attached hydrogens (primary N) is 1. The van der Waals surface area contributed by atoms with Crippen LogP contribution in [0.1, 0.15) is 20.3 Å². The predicted molar refractivity (Wildman–Crippen MR) is 120 cm³/mol. The Labute approximate surface area is 181 Å². The molecule has 1 atom stereocenters. The van der Waals surface area contributed by atoms with Gasteiger partial charge in [-0.05, 0) is 30.0 Å². The molecule has 0 saturated carbocycles. The molecule has 1 aliphatic heterocycles. The van der Waals surface area contributed by atoms with E-state index in [-0.39, 0.29) is 18.3 Å². The molecular formula is C22H28FN5OS. The molecule has 1 aromatic carbocycles. The molecule has 1 aliphatic rings. The quantitative estimate of drug-likeness (QED) is 0.630. The van der Waals surface area contributed by atoms with Crippen molar-refractivity contribution in [1.29, 1.82) is 5.26 Å². The molecule has 0 radical (unpaired) electrons. The molecule has 0 unspecified atom stereocenters. The van der Waals surface area contributed by atoms with Crippen molar-refractivity contribution >= 4 is 28.6 Å². The number of amides is 1. The van der Waals surface area contributed by atoms with Gasteiger partial charge >= 0.3 is 0 Å². The number of nitriles is 1. The summed E-state index contributed by atoms with van der Waals surface area (Å²) < 4.78 is 15.0. The van der Waals surface area contributed by atoms with Crippen molar-refractivity contribution < 1.29 is 9.18 Å². The standard InChI is InChI=1S/C22H28FN5OS/c1-15(2)11-20(22(25)29)28(8-5-24)21-14-30-13-17(21)16-3-4-19(18(23)12-16)27-9-6-26-7-10-27/h3-4,12-15,20,26H,6-11H2,1-2H3,(H2,25,29)/t20-/m0/s1. The molecule has 1 saturated heterocycles. The maximum absolute atomic E-state index is 15.0. The molecule has 160 valence electrons. The summed E-state index contributed by atoms with van der Waals surface area (Å²) in [5.41, 5.74) is 8.54. The number of anilines is 2. The van der Waals surface area contributed by atoms with Crippen LogP contribution < -0.4 is 20.9 Å². The number of nitrogens with zero attached hydrogens (tertiary/aromatic N) is 3. The molecular weight excluding hydrogens is 401 g/mol. The lowest BCUT2D eigenvalue weighted by atomic mass is 9.99. The molecule has 1 fully saturated rings. The Kier molecular flexibility index (Phi) is 7.29. The van der Waals surface area contributed by atoms with Gasteiger partial charge in [-0.1, -0.05) is 19.9 Å². The second-order valence-electron chi connectivity index (χ2n) is 7.91. The molecule has 0 aliphatic carbocycles. The van der Waals surface area contributed by atoms with Crippen LogP contribution in [0.25, 0.3) is 11.1 Å². The highest BCUT2D eigenvalue weighted by Crippen LogP contribution is 2.37. The minimum Gasteiger partial charge on any atom is -0.368 e. The van der Waals surface area contributed by atoms with Gasteiger partial charge in [0.15, 0.2) is 0 Å². The first kappa shape index (κ1) is 22.1. The number of benzene rings is 1. The molecule has 1 aromatic heterocycles. The van der Waals surface area contributed by atoms with Gasteiger partial charge in [-0.25, -0.2) is 4.39 Å². The number of piperazine rings is 1. The molecule has 0 spiro atoms. The van der Waals surface area contributed by atoms with Gasteiger partial charge in [0.2, 0.25) is 5.91 Å². The zero-order chi connectivity index (χ0) is 21.7. The highest BCUT2D eigenvalue weighted by molar-refractivity contribution is 7.08. The third-order valence-corrected chi connectivity index (χ3v) is 6.04. The summed E-state index contributed by atoms with van der Waals surface area (Å²) in [6.07, 6.45) is 0.544. The van der Waals surface area contributed by atoms with Crippen LogP contribution in [-0.2, 0) is 4.79 Å². The Morgan fingerprint density at radius 2 is 2.10 bits per heavy atom. The van der Waals surface area contributed by atoms with Crippen LogP contribution in [0, 0.1) is 23.1 Å². The second kappa shape index (κ2) is 9.92. The second-order valence-corrected chi connectivity index (χ2v) is 8.65. The first-order valence-corrected chi connectivity index (χ1v) is 11.1. The number of hydrogen-bond acceptors (Lipinski definition) is 6. The predicted octanol–water partition coefficient (Wildman–Crippen LogP) is 3.19. The smallest absolute Gasteiger partial charge is 0.240 e. The molecule has 8 heteroatoms. The average Bonchev–Trinajstić information content (AvgIpc) is 3.20. The molecule has 6 nitrogen and oxygen atoms in total. The van der Waals surface area contributed by atoms with E-state index < -0.39 is 11.9 Å². The number of hydrogen-bond donors (Lipinski definition) is 2. The van der Waals surface area contributed by atoms with Crippen LogP contribution in [0.4, 0.5) is 15.8 Å². The third-order valence-electron chi connectivity index (χ3n) is 5.31. The van der Waals surface area contributed by atoms with E-state index in [0.717, 1.165) is 43.0 Å². The number of thiophene rings is 1. The Morgan fingerprint density at radius 3 is 2.70 bits per heavy atom. The number of carbonyl (C=O) groups is 1. The molecule has 1 amide bonds. The molecule has 2 aromatic rings. The maximum Gasteiger partial charge on any atom is 0.240 e. The minimum absolute atomic E-state index is 0.0331. The van der Waals surface area contributed by atoms with E-state index >= 15 is 0 Å². The fourth-order valence-corrected chi connectivity index (χ4v) is 4.70. The summed E-state index contributed by atoms with van der Waals surface area (Å²) >= 11 is 1.46. The number of carbonyl (C=O) groups excluding carboxylic acids is 1. The van der Waals surface area contributed by atoms with E-state index in [1.165, 1.54) is 17.4 Å². The van der Waals surface area contributed by atoms with Gasteiger partial charge in [0.1, 0.15) is 18.4 Å². The Morgan fingerprint density at radius 1 is 1.37 bits per heavy atom. The summed E-state index contributed by atoms with van der Waals surface area (Å²) in [5, 5.41) is 16.5. The fraction of sp³-hybridized carbons (Fsp3) is 0.455. The number of nitrogens with one attached hydrogen (secondary N) is 1. The number of primary amides is 1. The van der Waals surface area contributed by atoms with Crippen molar-refractivity contribution in [2.24, 2.45) is 11.7 Å². The summed E-state index contributed by atoms with van der Waals surface area (Å²) in [6, 6.07) is 6.80. The van der Waals surface area contributed by atoms with Crippen LogP contribution in [0.15, 0.2) is 29.0 Å². The summed E-state index contributed by atoms with van der Waals surface area (Å²) in [5.74, 6) is -0.495. The van der Waals surface area contributed by atoms with Gasteiger partial charge in [-0.2, -0.15) is 5.26 Å². The topological polar surface area (TPSA) is 85.4 Å². The van der Waals surface area contributed by atoms with E-state index in [4.69, 9.17) is 5.73 Å². The lowest BCUT2D eigenvalue weighted by Gasteiger charge is -2.31. The lowest BCUT2D eigenvalue weighted by molar-refractivity contribution is -0.119. The van der Waals surface area contributed by atoms with E-state index in [0.29, 0.717) is 12.1 Å². The number of rotatable bonds is 8. The van der Waals surface area contributed by atoms with E-state index in [9.17, 15) is 14.4 Å². The van der Waals surface area contributed by atoms with Crippen LogP contribution in [0.2, 0.25) is 0 Å². The van der Waals surface area contributed by atoms with Crippen LogP contribution in [0.5, 0.6) is 0 Å². The average molecular weight is 430 g/mol. The minimum atomic E-state index is -0.594. The van der Waals surface area contributed by atoms with Crippen molar-refractivity contribution in [2.45, 2.75) is 26.3 Å². The fourth-order valence-electron chi connectivity index (χ4n) is 3.85. The first-order valence-electron chi connectivity index (χ1n) is 10.2. The summed E-state index contributed by atoms with van der Waals surface area (Å²) in [6.45, 7) is 7.27. The first-order chi connectivity index (χ1) is 14.4. The van der Waals surface area contributed by atoms with Gasteiger partial charge < -0.3 is 20.9 Å². The van der Waals surface area contributed by atoms with Crippen LogP contribution in [-0.4, -0.2) is 44.7 Å². The number of halogens is 1. The highest BCUT2D eigenvalue weighted by atomic mass is 32.1. The third kappa shape index (κ3) is 4.91. The van der Waals surface area contributed by atoms with E-state index in [1.54, 1.807) is 4.90 Å². The van der Waals surface area contributed by atoms with Crippen molar-refractivity contribution in [1.82, 2.24) is 5.32 Å². The van der Waals surface area contributed by atoms with Gasteiger partial charge in [0, 0.05) is 42.5 Å².